The minimum absolute atomic E-state index is 0.0447. The van der Waals surface area contributed by atoms with Crippen molar-refractivity contribution in [1.29, 1.82) is 0 Å². The van der Waals surface area contributed by atoms with Crippen LogP contribution in [0.1, 0.15) is 27.0 Å². The lowest BCUT2D eigenvalue weighted by Gasteiger charge is -2.21. The molecule has 4 aromatic rings. The lowest BCUT2D eigenvalue weighted by molar-refractivity contribution is 0.104. The van der Waals surface area contributed by atoms with Gasteiger partial charge < -0.3 is 0 Å². The molecule has 28 heavy (non-hydrogen) atoms. The molecule has 0 saturated heterocycles. The number of carbonyl (C=O) groups excluding carboxylic acids is 1. The second-order valence-corrected chi connectivity index (χ2v) is 6.99. The lowest BCUT2D eigenvalue weighted by atomic mass is 9.82. The zero-order valence-electron chi connectivity index (χ0n) is 15.4. The van der Waals surface area contributed by atoms with E-state index >= 15 is 0 Å². The Labute approximate surface area is 164 Å². The van der Waals surface area contributed by atoms with Crippen LogP contribution in [-0.2, 0) is 0 Å². The average Bonchev–Trinajstić information content (AvgIpc) is 2.78. The fourth-order valence-electron chi connectivity index (χ4n) is 4.08. The number of fused-ring (bicyclic) bond motifs is 6. The monoisotopic (exact) mass is 358 g/mol. The Morgan fingerprint density at radius 2 is 0.643 bits per heavy atom. The van der Waals surface area contributed by atoms with E-state index in [1.807, 2.05) is 72.8 Å². The van der Waals surface area contributed by atoms with Gasteiger partial charge in [-0.2, -0.15) is 0 Å². The number of hydrogen-bond acceptors (Lipinski definition) is 1. The van der Waals surface area contributed by atoms with E-state index in [4.69, 9.17) is 0 Å². The summed E-state index contributed by atoms with van der Waals surface area (Å²) in [5.74, 6) is 0.0447. The summed E-state index contributed by atoms with van der Waals surface area (Å²) in [4.78, 5) is 13.6. The second kappa shape index (κ2) is 6.47. The highest BCUT2D eigenvalue weighted by atomic mass is 16.1. The van der Waals surface area contributed by atoms with Crippen LogP contribution in [0.5, 0.6) is 0 Å². The molecule has 0 saturated carbocycles. The molecule has 0 unspecified atom stereocenters. The molecule has 0 radical (unpaired) electrons. The van der Waals surface area contributed by atoms with Gasteiger partial charge in [0.15, 0.2) is 5.78 Å². The molecular weight excluding hydrogens is 340 g/mol. The molecule has 0 bridgehead atoms. The van der Waals surface area contributed by atoms with E-state index in [-0.39, 0.29) is 5.78 Å². The van der Waals surface area contributed by atoms with Gasteiger partial charge in [0.1, 0.15) is 0 Å². The Bertz CT molecular complexity index is 1050. The Hall–Kier alpha value is -3.71. The molecule has 132 valence electrons. The molecule has 0 atom stereocenters. The number of ketones is 1. The molecule has 1 heteroatoms. The van der Waals surface area contributed by atoms with Crippen LogP contribution in [0.2, 0.25) is 0 Å². The summed E-state index contributed by atoms with van der Waals surface area (Å²) in [6, 6.07) is 32.1. The number of benzene rings is 4. The van der Waals surface area contributed by atoms with Crippen molar-refractivity contribution in [2.24, 2.45) is 0 Å². The van der Waals surface area contributed by atoms with Crippen molar-refractivity contribution in [1.82, 2.24) is 0 Å². The lowest BCUT2D eigenvalue weighted by Crippen LogP contribution is -2.08. The first-order chi connectivity index (χ1) is 13.8. The maximum atomic E-state index is 13.6. The van der Waals surface area contributed by atoms with Crippen LogP contribution in [-0.4, -0.2) is 5.78 Å². The zero-order chi connectivity index (χ0) is 19.1. The van der Waals surface area contributed by atoms with Gasteiger partial charge in [0, 0.05) is 11.1 Å². The van der Waals surface area contributed by atoms with E-state index in [0.717, 1.165) is 50.1 Å². The molecular formula is C27H18O. The number of hydrogen-bond donors (Lipinski definition) is 0. The summed E-state index contributed by atoms with van der Waals surface area (Å²) in [5.41, 5.74) is 8.45. The maximum Gasteiger partial charge on any atom is 0.194 e. The quantitative estimate of drug-likeness (QED) is 0.304. The summed E-state index contributed by atoms with van der Waals surface area (Å²) in [5, 5.41) is 0. The van der Waals surface area contributed by atoms with Crippen LogP contribution in [0.4, 0.5) is 0 Å². The first kappa shape index (κ1) is 16.5. The predicted octanol–water partition coefficient (Wildman–Crippen LogP) is 6.63. The average molecular weight is 358 g/mol. The van der Waals surface area contributed by atoms with Crippen molar-refractivity contribution in [2.45, 2.75) is 0 Å². The first-order valence-corrected chi connectivity index (χ1v) is 9.37. The van der Waals surface area contributed by atoms with E-state index < -0.39 is 0 Å². The molecule has 4 aromatic carbocycles. The van der Waals surface area contributed by atoms with Crippen LogP contribution in [0, 0.1) is 0 Å². The fraction of sp³-hybridized carbons (Fsp3) is 0. The minimum atomic E-state index is 0.0447. The second-order valence-electron chi connectivity index (χ2n) is 6.99. The van der Waals surface area contributed by atoms with Crippen molar-refractivity contribution in [3.63, 3.8) is 0 Å². The predicted molar refractivity (Wildman–Crippen MR) is 115 cm³/mol. The van der Waals surface area contributed by atoms with Gasteiger partial charge in [0.2, 0.25) is 0 Å². The van der Waals surface area contributed by atoms with Crippen molar-refractivity contribution in [3.8, 4) is 22.3 Å². The normalized spacial score (nSPS) is 12.4. The van der Waals surface area contributed by atoms with Crippen molar-refractivity contribution in [3.05, 3.63) is 126 Å². The smallest absolute Gasteiger partial charge is 0.194 e. The number of rotatable bonds is 0. The topological polar surface area (TPSA) is 17.1 Å². The van der Waals surface area contributed by atoms with Gasteiger partial charge in [-0.05, 0) is 39.0 Å². The Morgan fingerprint density at radius 1 is 0.393 bits per heavy atom. The third-order valence-electron chi connectivity index (χ3n) is 5.43. The molecule has 0 amide bonds. The summed E-state index contributed by atoms with van der Waals surface area (Å²) < 4.78 is 0. The molecule has 0 heterocycles. The van der Waals surface area contributed by atoms with Crippen molar-refractivity contribution < 1.29 is 4.79 Å². The number of carbonyl (C=O) groups is 1. The van der Waals surface area contributed by atoms with E-state index in [2.05, 4.69) is 30.8 Å². The summed E-state index contributed by atoms with van der Waals surface area (Å²) in [7, 11) is 0. The van der Waals surface area contributed by atoms with Crippen LogP contribution in [0.3, 0.4) is 0 Å². The molecule has 1 aliphatic carbocycles. The van der Waals surface area contributed by atoms with Crippen molar-refractivity contribution >= 4 is 11.4 Å². The summed E-state index contributed by atoms with van der Waals surface area (Å²) in [6.07, 6.45) is 0. The van der Waals surface area contributed by atoms with Crippen molar-refractivity contribution in [2.75, 3.05) is 0 Å². The first-order valence-electron chi connectivity index (χ1n) is 9.37. The Balaban J connectivity index is 1.95. The van der Waals surface area contributed by atoms with Gasteiger partial charge >= 0.3 is 0 Å². The third-order valence-corrected chi connectivity index (χ3v) is 5.43. The van der Waals surface area contributed by atoms with Crippen LogP contribution >= 0.6 is 0 Å². The Morgan fingerprint density at radius 3 is 1.00 bits per heavy atom. The molecule has 0 spiro atoms. The van der Waals surface area contributed by atoms with Gasteiger partial charge in [-0.1, -0.05) is 104 Å². The highest BCUT2D eigenvalue weighted by Crippen LogP contribution is 2.40. The largest absolute Gasteiger partial charge is 0.289 e. The molecule has 0 aliphatic heterocycles. The van der Waals surface area contributed by atoms with Gasteiger partial charge in [0.25, 0.3) is 0 Å². The standard InChI is InChI=1S/C27H18O/c1-18-19-10-2-4-12-21(19)23-14-6-8-16-25(23)27(28)26-17-9-7-15-24(26)22-13-5-3-11-20(18)22/h2-17H,1H2. The van der Waals surface area contributed by atoms with Gasteiger partial charge in [-0.15, -0.1) is 0 Å². The van der Waals surface area contributed by atoms with Gasteiger partial charge in [-0.3, -0.25) is 4.79 Å². The molecule has 0 aromatic heterocycles. The highest BCUT2D eigenvalue weighted by molar-refractivity contribution is 6.17. The van der Waals surface area contributed by atoms with E-state index in [1.165, 1.54) is 0 Å². The molecule has 1 nitrogen and oxygen atoms in total. The fourth-order valence-corrected chi connectivity index (χ4v) is 4.08. The van der Waals surface area contributed by atoms with Gasteiger partial charge in [-0.25, -0.2) is 0 Å². The molecule has 0 fully saturated rings. The highest BCUT2D eigenvalue weighted by Gasteiger charge is 2.23. The van der Waals surface area contributed by atoms with Crippen LogP contribution < -0.4 is 0 Å². The van der Waals surface area contributed by atoms with E-state index in [9.17, 15) is 4.79 Å². The van der Waals surface area contributed by atoms with E-state index in [0.29, 0.717) is 0 Å². The molecule has 5 rings (SSSR count). The molecule has 0 N–H and O–H groups in total. The molecule has 1 aliphatic rings. The van der Waals surface area contributed by atoms with Crippen LogP contribution in [0.25, 0.3) is 27.8 Å². The SMILES string of the molecule is C=C1c2ccccc2-c2ccccc2C(=O)c2ccccc2-c2ccccc21. The zero-order valence-corrected chi connectivity index (χ0v) is 15.4. The summed E-state index contributed by atoms with van der Waals surface area (Å²) in [6.45, 7) is 4.45. The van der Waals surface area contributed by atoms with E-state index in [1.54, 1.807) is 0 Å². The summed E-state index contributed by atoms with van der Waals surface area (Å²) >= 11 is 0. The van der Waals surface area contributed by atoms with Crippen LogP contribution in [0.15, 0.2) is 104 Å². The third kappa shape index (κ3) is 2.44. The minimum Gasteiger partial charge on any atom is -0.289 e. The maximum absolute atomic E-state index is 13.6. The Kier molecular flexibility index (Phi) is 3.80. The van der Waals surface area contributed by atoms with Gasteiger partial charge in [0.05, 0.1) is 0 Å².